The lowest BCUT2D eigenvalue weighted by Crippen LogP contribution is -2.57. The summed E-state index contributed by atoms with van der Waals surface area (Å²) in [6, 6.07) is 1.95. The van der Waals surface area contributed by atoms with Crippen molar-refractivity contribution >= 4 is 11.8 Å². The van der Waals surface area contributed by atoms with Crippen molar-refractivity contribution in [2.75, 3.05) is 13.1 Å². The summed E-state index contributed by atoms with van der Waals surface area (Å²) in [7, 11) is 0. The van der Waals surface area contributed by atoms with Gasteiger partial charge < -0.3 is 9.80 Å². The van der Waals surface area contributed by atoms with E-state index in [0.29, 0.717) is 37.0 Å². The summed E-state index contributed by atoms with van der Waals surface area (Å²) in [6.45, 7) is 1.27. The van der Waals surface area contributed by atoms with Crippen LogP contribution >= 0.6 is 0 Å². The fraction of sp³-hybridized carbons (Fsp3) is 0.588. The van der Waals surface area contributed by atoms with Crippen molar-refractivity contribution in [2.24, 2.45) is 5.92 Å². The van der Waals surface area contributed by atoms with Crippen molar-refractivity contribution in [3.05, 3.63) is 29.8 Å². The molecule has 2 atom stereocenters. The van der Waals surface area contributed by atoms with Gasteiger partial charge in [-0.2, -0.15) is 0 Å². The maximum Gasteiger partial charge on any atom is 0.255 e. The van der Waals surface area contributed by atoms with Gasteiger partial charge in [-0.1, -0.05) is 0 Å². The lowest BCUT2D eigenvalue weighted by molar-refractivity contribution is -0.141. The Kier molecular flexibility index (Phi) is 3.54. The summed E-state index contributed by atoms with van der Waals surface area (Å²) >= 11 is 0. The molecule has 4 rings (SSSR count). The second-order valence-corrected chi connectivity index (χ2v) is 6.83. The van der Waals surface area contributed by atoms with Crippen LogP contribution in [0.15, 0.2) is 18.5 Å². The average molecular weight is 317 g/mol. The highest BCUT2D eigenvalue weighted by atomic mass is 19.1. The third-order valence-corrected chi connectivity index (χ3v) is 5.25. The van der Waals surface area contributed by atoms with Crippen LogP contribution in [0.1, 0.15) is 42.5 Å². The number of likely N-dealkylation sites (tertiary alicyclic amines) is 2. The fourth-order valence-corrected chi connectivity index (χ4v) is 4.02. The molecule has 1 aromatic rings. The Balaban J connectivity index is 1.48. The Morgan fingerprint density at radius 1 is 1.22 bits per heavy atom. The second-order valence-electron chi connectivity index (χ2n) is 6.83. The minimum absolute atomic E-state index is 0.162. The number of hydrogen-bond acceptors (Lipinski definition) is 3. The molecule has 1 saturated carbocycles. The van der Waals surface area contributed by atoms with Crippen molar-refractivity contribution in [2.45, 2.75) is 44.2 Å². The maximum absolute atomic E-state index is 13.3. The van der Waals surface area contributed by atoms with E-state index in [2.05, 4.69) is 9.88 Å². The molecule has 122 valence electrons. The standard InChI is InChI=1S/C17H20FN3O2/c18-13-7-12(8-19-9-13)17(23)20-6-5-15-11(10-20)1-4-16(22)21(15)14-2-3-14/h7-9,11,14-15H,1-6,10H2/t11-,15-/m1/s1. The number of amides is 2. The van der Waals surface area contributed by atoms with Crippen LogP contribution in [0.4, 0.5) is 4.39 Å². The molecule has 3 fully saturated rings. The number of carbonyl (C=O) groups is 2. The number of piperidine rings is 2. The largest absolute Gasteiger partial charge is 0.338 e. The van der Waals surface area contributed by atoms with Crippen LogP contribution in [0.2, 0.25) is 0 Å². The van der Waals surface area contributed by atoms with E-state index in [-0.39, 0.29) is 17.9 Å². The second kappa shape index (κ2) is 5.58. The predicted molar refractivity (Wildman–Crippen MR) is 81.1 cm³/mol. The molecule has 5 nitrogen and oxygen atoms in total. The molecule has 2 amide bonds. The number of rotatable bonds is 2. The van der Waals surface area contributed by atoms with Gasteiger partial charge in [0, 0.05) is 37.8 Å². The Hall–Kier alpha value is -1.98. The minimum atomic E-state index is -0.492. The van der Waals surface area contributed by atoms with Crippen LogP contribution in [0.25, 0.3) is 0 Å². The summed E-state index contributed by atoms with van der Waals surface area (Å²) < 4.78 is 13.3. The zero-order chi connectivity index (χ0) is 16.0. The van der Waals surface area contributed by atoms with Crippen LogP contribution in [0.3, 0.4) is 0 Å². The molecule has 0 aromatic carbocycles. The maximum atomic E-state index is 13.3. The third kappa shape index (κ3) is 2.71. The molecule has 1 aliphatic carbocycles. The number of halogens is 1. The number of carbonyl (C=O) groups excluding carboxylic acids is 2. The van der Waals surface area contributed by atoms with Gasteiger partial charge >= 0.3 is 0 Å². The number of aromatic nitrogens is 1. The quantitative estimate of drug-likeness (QED) is 0.836. The molecule has 1 aromatic heterocycles. The topological polar surface area (TPSA) is 53.5 Å². The smallest absolute Gasteiger partial charge is 0.255 e. The molecule has 0 bridgehead atoms. The molecule has 23 heavy (non-hydrogen) atoms. The molecule has 0 spiro atoms. The van der Waals surface area contributed by atoms with Gasteiger partial charge in [-0.3, -0.25) is 14.6 Å². The monoisotopic (exact) mass is 317 g/mol. The lowest BCUT2D eigenvalue weighted by Gasteiger charge is -2.47. The first kappa shape index (κ1) is 14.6. The van der Waals surface area contributed by atoms with E-state index in [1.165, 1.54) is 12.3 Å². The van der Waals surface area contributed by atoms with Crippen molar-refractivity contribution < 1.29 is 14.0 Å². The fourth-order valence-electron chi connectivity index (χ4n) is 4.02. The van der Waals surface area contributed by atoms with E-state index >= 15 is 0 Å². The molecule has 6 heteroatoms. The number of nitrogens with zero attached hydrogens (tertiary/aromatic N) is 3. The predicted octanol–water partition coefficient (Wildman–Crippen LogP) is 1.84. The first-order chi connectivity index (χ1) is 11.1. The molecule has 3 heterocycles. The summed E-state index contributed by atoms with van der Waals surface area (Å²) in [5, 5.41) is 0. The highest BCUT2D eigenvalue weighted by Crippen LogP contribution is 2.39. The van der Waals surface area contributed by atoms with Crippen LogP contribution < -0.4 is 0 Å². The van der Waals surface area contributed by atoms with E-state index < -0.39 is 5.82 Å². The van der Waals surface area contributed by atoms with Gasteiger partial charge in [-0.05, 0) is 37.7 Å². The van der Waals surface area contributed by atoms with Gasteiger partial charge in [-0.15, -0.1) is 0 Å². The molecule has 3 aliphatic rings. The van der Waals surface area contributed by atoms with Crippen molar-refractivity contribution in [3.63, 3.8) is 0 Å². The number of hydrogen-bond donors (Lipinski definition) is 0. The van der Waals surface area contributed by atoms with Crippen molar-refractivity contribution in [1.82, 2.24) is 14.8 Å². The summed E-state index contributed by atoms with van der Waals surface area (Å²) in [6.07, 6.45) is 7.00. The average Bonchev–Trinajstić information content (AvgIpc) is 3.38. The zero-order valence-corrected chi connectivity index (χ0v) is 12.9. The van der Waals surface area contributed by atoms with Gasteiger partial charge in [0.1, 0.15) is 5.82 Å². The van der Waals surface area contributed by atoms with Gasteiger partial charge in [0.25, 0.3) is 5.91 Å². The normalized spacial score (nSPS) is 27.8. The Morgan fingerprint density at radius 3 is 2.78 bits per heavy atom. The van der Waals surface area contributed by atoms with Gasteiger partial charge in [0.15, 0.2) is 0 Å². The van der Waals surface area contributed by atoms with E-state index in [4.69, 9.17) is 0 Å². The molecular weight excluding hydrogens is 297 g/mol. The molecule has 2 saturated heterocycles. The number of fused-ring (bicyclic) bond motifs is 1. The molecule has 0 unspecified atom stereocenters. The number of pyridine rings is 1. The zero-order valence-electron chi connectivity index (χ0n) is 12.9. The van der Waals surface area contributed by atoms with Crippen LogP contribution in [0.5, 0.6) is 0 Å². The third-order valence-electron chi connectivity index (χ3n) is 5.25. The SMILES string of the molecule is O=C(c1cncc(F)c1)N1CC[C@@H]2[C@H](CCC(=O)N2C2CC2)C1. The van der Waals surface area contributed by atoms with Crippen LogP contribution in [-0.2, 0) is 4.79 Å². The van der Waals surface area contributed by atoms with Crippen LogP contribution in [-0.4, -0.2) is 51.8 Å². The van der Waals surface area contributed by atoms with Crippen molar-refractivity contribution in [3.8, 4) is 0 Å². The van der Waals surface area contributed by atoms with Crippen LogP contribution in [0, 0.1) is 11.7 Å². The van der Waals surface area contributed by atoms with Crippen molar-refractivity contribution in [1.29, 1.82) is 0 Å². The lowest BCUT2D eigenvalue weighted by atomic mass is 9.83. The van der Waals surface area contributed by atoms with Gasteiger partial charge in [0.05, 0.1) is 11.8 Å². The highest BCUT2D eigenvalue weighted by molar-refractivity contribution is 5.94. The molecule has 0 radical (unpaired) electrons. The van der Waals surface area contributed by atoms with E-state index in [1.807, 2.05) is 0 Å². The summed E-state index contributed by atoms with van der Waals surface area (Å²) in [5.74, 6) is -0.0328. The summed E-state index contributed by atoms with van der Waals surface area (Å²) in [4.78, 5) is 32.4. The molecule has 2 aliphatic heterocycles. The Labute approximate surface area is 134 Å². The van der Waals surface area contributed by atoms with Gasteiger partial charge in [-0.25, -0.2) is 4.39 Å². The van der Waals surface area contributed by atoms with E-state index in [0.717, 1.165) is 31.9 Å². The minimum Gasteiger partial charge on any atom is -0.338 e. The first-order valence-corrected chi connectivity index (χ1v) is 8.34. The summed E-state index contributed by atoms with van der Waals surface area (Å²) in [5.41, 5.74) is 0.300. The Bertz CT molecular complexity index is 646. The Morgan fingerprint density at radius 2 is 2.04 bits per heavy atom. The highest BCUT2D eigenvalue weighted by Gasteiger charge is 2.45. The van der Waals surface area contributed by atoms with E-state index in [9.17, 15) is 14.0 Å². The molecule has 0 N–H and O–H groups in total. The van der Waals surface area contributed by atoms with E-state index in [1.54, 1.807) is 4.90 Å². The molecular formula is C17H20FN3O2. The van der Waals surface area contributed by atoms with Gasteiger partial charge in [0.2, 0.25) is 5.91 Å². The first-order valence-electron chi connectivity index (χ1n) is 8.34.